The Labute approximate surface area is 154 Å². The second-order valence-corrected chi connectivity index (χ2v) is 7.10. The highest BCUT2D eigenvalue weighted by molar-refractivity contribution is 6.32. The summed E-state index contributed by atoms with van der Waals surface area (Å²) in [6.45, 7) is 4.53. The van der Waals surface area contributed by atoms with E-state index >= 15 is 0 Å². The van der Waals surface area contributed by atoms with Gasteiger partial charge in [-0.15, -0.1) is 0 Å². The Morgan fingerprint density at radius 1 is 1.12 bits per heavy atom. The Balaban J connectivity index is 1.48. The lowest BCUT2D eigenvalue weighted by Crippen LogP contribution is -2.26. The number of aryl methyl sites for hydroxylation is 2. The number of nitrogens with one attached hydrogen (secondary N) is 1. The van der Waals surface area contributed by atoms with Gasteiger partial charge in [-0.1, -0.05) is 41.9 Å². The van der Waals surface area contributed by atoms with Crippen LogP contribution in [0, 0.1) is 12.7 Å². The first-order valence-electron chi connectivity index (χ1n) is 9.02. The molecule has 0 bridgehead atoms. The summed E-state index contributed by atoms with van der Waals surface area (Å²) in [6.07, 6.45) is 4.18. The summed E-state index contributed by atoms with van der Waals surface area (Å²) in [5.74, 6) is 0.454. The van der Waals surface area contributed by atoms with Gasteiger partial charge in [-0.3, -0.25) is 0 Å². The summed E-state index contributed by atoms with van der Waals surface area (Å²) in [6, 6.07) is 12.0. The Morgan fingerprint density at radius 3 is 2.56 bits per heavy atom. The molecule has 0 aromatic heterocycles. The molecular formula is C21H25ClFNO. The van der Waals surface area contributed by atoms with Gasteiger partial charge in [-0.05, 0) is 74.4 Å². The predicted octanol–water partition coefficient (Wildman–Crippen LogP) is 5.27. The summed E-state index contributed by atoms with van der Waals surface area (Å²) in [7, 11) is 0. The lowest BCUT2D eigenvalue weighted by molar-refractivity contribution is 0.295. The molecular weight excluding hydrogens is 337 g/mol. The van der Waals surface area contributed by atoms with Crippen LogP contribution in [0.3, 0.4) is 0 Å². The van der Waals surface area contributed by atoms with E-state index in [9.17, 15) is 4.39 Å². The SMILES string of the molecule is Cc1ccc(F)c(OCCCc2ccc(C3CCNCC3)cc2)c1Cl. The van der Waals surface area contributed by atoms with Crippen molar-refractivity contribution in [2.75, 3.05) is 19.7 Å². The van der Waals surface area contributed by atoms with Crippen LogP contribution in [0.4, 0.5) is 4.39 Å². The van der Waals surface area contributed by atoms with Crippen molar-refractivity contribution in [2.24, 2.45) is 0 Å². The largest absolute Gasteiger partial charge is 0.489 e. The minimum atomic E-state index is -0.401. The van der Waals surface area contributed by atoms with E-state index in [0.29, 0.717) is 17.5 Å². The average Bonchev–Trinajstić information content (AvgIpc) is 2.65. The number of hydrogen-bond acceptors (Lipinski definition) is 2. The van der Waals surface area contributed by atoms with Gasteiger partial charge in [-0.25, -0.2) is 4.39 Å². The van der Waals surface area contributed by atoms with Crippen molar-refractivity contribution in [2.45, 2.75) is 38.5 Å². The molecule has 0 aliphatic carbocycles. The van der Waals surface area contributed by atoms with Crippen LogP contribution < -0.4 is 10.1 Å². The van der Waals surface area contributed by atoms with Crippen molar-refractivity contribution in [3.8, 4) is 5.75 Å². The minimum Gasteiger partial charge on any atom is -0.489 e. The van der Waals surface area contributed by atoms with Crippen molar-refractivity contribution in [3.63, 3.8) is 0 Å². The first kappa shape index (κ1) is 18.2. The molecule has 4 heteroatoms. The third kappa shape index (κ3) is 4.74. The first-order chi connectivity index (χ1) is 12.1. The third-order valence-corrected chi connectivity index (χ3v) is 5.36. The maximum atomic E-state index is 13.8. The molecule has 0 radical (unpaired) electrons. The van der Waals surface area contributed by atoms with Crippen molar-refractivity contribution in [1.29, 1.82) is 0 Å². The first-order valence-corrected chi connectivity index (χ1v) is 9.40. The number of benzene rings is 2. The van der Waals surface area contributed by atoms with E-state index < -0.39 is 5.82 Å². The zero-order valence-electron chi connectivity index (χ0n) is 14.7. The Kier molecular flexibility index (Phi) is 6.33. The van der Waals surface area contributed by atoms with E-state index in [1.54, 1.807) is 6.07 Å². The number of hydrogen-bond donors (Lipinski definition) is 1. The van der Waals surface area contributed by atoms with Gasteiger partial charge in [0.2, 0.25) is 0 Å². The van der Waals surface area contributed by atoms with Crippen LogP contribution >= 0.6 is 11.6 Å². The molecule has 1 heterocycles. The van der Waals surface area contributed by atoms with Gasteiger partial charge in [0.1, 0.15) is 0 Å². The van der Waals surface area contributed by atoms with Gasteiger partial charge in [0.15, 0.2) is 11.6 Å². The molecule has 1 aliphatic heterocycles. The van der Waals surface area contributed by atoms with Crippen LogP contribution in [0.2, 0.25) is 5.02 Å². The third-order valence-electron chi connectivity index (χ3n) is 4.89. The van der Waals surface area contributed by atoms with Crippen LogP contribution in [0.1, 0.15) is 41.9 Å². The second kappa shape index (κ2) is 8.68. The fourth-order valence-corrected chi connectivity index (χ4v) is 3.53. The number of rotatable bonds is 6. The minimum absolute atomic E-state index is 0.169. The molecule has 1 N–H and O–H groups in total. The second-order valence-electron chi connectivity index (χ2n) is 6.73. The standard InChI is InChI=1S/C21H25ClFNO/c1-15-4-9-19(23)21(20(15)22)25-14-2-3-16-5-7-17(8-6-16)18-10-12-24-13-11-18/h4-9,18,24H,2-3,10-14H2,1H3. The zero-order chi connectivity index (χ0) is 17.6. The number of piperidine rings is 1. The highest BCUT2D eigenvalue weighted by Crippen LogP contribution is 2.31. The van der Waals surface area contributed by atoms with Crippen molar-refractivity contribution in [1.82, 2.24) is 5.32 Å². The smallest absolute Gasteiger partial charge is 0.173 e. The molecule has 2 aromatic rings. The fourth-order valence-electron chi connectivity index (χ4n) is 3.33. The van der Waals surface area contributed by atoms with Gasteiger partial charge >= 0.3 is 0 Å². The molecule has 3 rings (SSSR count). The highest BCUT2D eigenvalue weighted by atomic mass is 35.5. The molecule has 0 spiro atoms. The molecule has 1 saturated heterocycles. The molecule has 0 unspecified atom stereocenters. The molecule has 0 amide bonds. The van der Waals surface area contributed by atoms with Crippen molar-refractivity contribution >= 4 is 11.6 Å². The number of ether oxygens (including phenoxy) is 1. The van der Waals surface area contributed by atoms with Gasteiger partial charge < -0.3 is 10.1 Å². The van der Waals surface area contributed by atoms with Gasteiger partial charge in [0, 0.05) is 0 Å². The molecule has 0 saturated carbocycles. The van der Waals surface area contributed by atoms with Crippen LogP contribution in [-0.4, -0.2) is 19.7 Å². The summed E-state index contributed by atoms with van der Waals surface area (Å²) in [5, 5.41) is 3.77. The van der Waals surface area contributed by atoms with Gasteiger partial charge in [0.25, 0.3) is 0 Å². The molecule has 1 aliphatic rings. The van der Waals surface area contributed by atoms with Crippen LogP contribution in [0.25, 0.3) is 0 Å². The molecule has 1 fully saturated rings. The van der Waals surface area contributed by atoms with Crippen LogP contribution in [0.15, 0.2) is 36.4 Å². The Bertz CT molecular complexity index is 696. The molecule has 2 nitrogen and oxygen atoms in total. The molecule has 25 heavy (non-hydrogen) atoms. The lowest BCUT2D eigenvalue weighted by atomic mass is 9.89. The topological polar surface area (TPSA) is 21.3 Å². The normalized spacial score (nSPS) is 15.3. The summed E-state index contributed by atoms with van der Waals surface area (Å²) >= 11 is 6.12. The summed E-state index contributed by atoms with van der Waals surface area (Å²) < 4.78 is 19.4. The number of halogens is 2. The molecule has 0 atom stereocenters. The van der Waals surface area contributed by atoms with E-state index in [4.69, 9.17) is 16.3 Å². The maximum Gasteiger partial charge on any atom is 0.173 e. The zero-order valence-corrected chi connectivity index (χ0v) is 15.4. The van der Waals surface area contributed by atoms with Crippen molar-refractivity contribution in [3.05, 3.63) is 63.9 Å². The Morgan fingerprint density at radius 2 is 1.84 bits per heavy atom. The van der Waals surface area contributed by atoms with Crippen LogP contribution in [0.5, 0.6) is 5.75 Å². The quantitative estimate of drug-likeness (QED) is 0.708. The predicted molar refractivity (Wildman–Crippen MR) is 101 cm³/mol. The van der Waals surface area contributed by atoms with E-state index in [-0.39, 0.29) is 5.75 Å². The fraction of sp³-hybridized carbons (Fsp3) is 0.429. The van der Waals surface area contributed by atoms with Crippen LogP contribution in [-0.2, 0) is 6.42 Å². The highest BCUT2D eigenvalue weighted by Gasteiger charge is 2.15. The van der Waals surface area contributed by atoms with Gasteiger partial charge in [0.05, 0.1) is 11.6 Å². The monoisotopic (exact) mass is 361 g/mol. The lowest BCUT2D eigenvalue weighted by Gasteiger charge is -2.23. The van der Waals surface area contributed by atoms with Gasteiger partial charge in [-0.2, -0.15) is 0 Å². The maximum absolute atomic E-state index is 13.8. The molecule has 2 aromatic carbocycles. The van der Waals surface area contributed by atoms with E-state index in [2.05, 4.69) is 29.6 Å². The van der Waals surface area contributed by atoms with Crippen molar-refractivity contribution < 1.29 is 9.13 Å². The summed E-state index contributed by atoms with van der Waals surface area (Å²) in [4.78, 5) is 0. The summed E-state index contributed by atoms with van der Waals surface area (Å²) in [5.41, 5.74) is 3.55. The average molecular weight is 362 g/mol. The molecule has 134 valence electrons. The van der Waals surface area contributed by atoms with E-state index in [1.807, 2.05) is 6.92 Å². The van der Waals surface area contributed by atoms with E-state index in [0.717, 1.165) is 31.5 Å². The van der Waals surface area contributed by atoms with E-state index in [1.165, 1.54) is 30.0 Å². The Hall–Kier alpha value is -1.58.